The van der Waals surface area contributed by atoms with Crippen LogP contribution in [0.4, 0.5) is 5.82 Å². The summed E-state index contributed by atoms with van der Waals surface area (Å²) in [5.41, 5.74) is 5.43. The number of unbranched alkanes of at least 4 members (excludes halogenated alkanes) is 2. The van der Waals surface area contributed by atoms with E-state index < -0.39 is 10.0 Å². The monoisotopic (exact) mass is 247 g/mol. The van der Waals surface area contributed by atoms with Gasteiger partial charge in [-0.1, -0.05) is 24.9 Å². The molecule has 1 aromatic rings. The van der Waals surface area contributed by atoms with Gasteiger partial charge in [-0.15, -0.1) is 0 Å². The first-order valence-electron chi connectivity index (χ1n) is 5.20. The van der Waals surface area contributed by atoms with E-state index in [1.54, 1.807) is 0 Å². The van der Waals surface area contributed by atoms with Crippen LogP contribution in [0.25, 0.3) is 0 Å². The summed E-state index contributed by atoms with van der Waals surface area (Å²) in [6.45, 7) is 3.97. The SMILES string of the molecule is CCCCCNS(=O)(=O)c1c(N)noc1C. The van der Waals surface area contributed by atoms with E-state index in [1.807, 2.05) is 0 Å². The van der Waals surface area contributed by atoms with Crippen LogP contribution in [-0.4, -0.2) is 20.1 Å². The van der Waals surface area contributed by atoms with Gasteiger partial charge in [-0.05, 0) is 13.3 Å². The lowest BCUT2D eigenvalue weighted by molar-refractivity contribution is 0.396. The summed E-state index contributed by atoms with van der Waals surface area (Å²) in [5, 5.41) is 3.41. The molecule has 0 saturated heterocycles. The van der Waals surface area contributed by atoms with E-state index in [4.69, 9.17) is 10.3 Å². The molecule has 0 spiro atoms. The molecule has 0 unspecified atom stereocenters. The van der Waals surface area contributed by atoms with Crippen LogP contribution in [-0.2, 0) is 10.0 Å². The molecule has 1 aromatic heterocycles. The van der Waals surface area contributed by atoms with Crippen molar-refractivity contribution < 1.29 is 12.9 Å². The van der Waals surface area contributed by atoms with Crippen LogP contribution in [0.15, 0.2) is 9.42 Å². The fourth-order valence-corrected chi connectivity index (χ4v) is 2.65. The zero-order valence-electron chi connectivity index (χ0n) is 9.49. The Kier molecular flexibility index (Phi) is 4.31. The summed E-state index contributed by atoms with van der Waals surface area (Å²) in [4.78, 5) is -0.0519. The number of aromatic nitrogens is 1. The fraction of sp³-hybridized carbons (Fsp3) is 0.667. The third kappa shape index (κ3) is 2.96. The summed E-state index contributed by atoms with van der Waals surface area (Å²) >= 11 is 0. The van der Waals surface area contributed by atoms with Gasteiger partial charge >= 0.3 is 0 Å². The van der Waals surface area contributed by atoms with Crippen molar-refractivity contribution in [1.29, 1.82) is 0 Å². The lowest BCUT2D eigenvalue weighted by atomic mass is 10.3. The van der Waals surface area contributed by atoms with Crippen LogP contribution < -0.4 is 10.5 Å². The standard InChI is InChI=1S/C9H17N3O3S/c1-3-4-5-6-11-16(13,14)8-7(2)15-12-9(8)10/h11H,3-6H2,1-2H3,(H2,10,12). The zero-order chi connectivity index (χ0) is 12.2. The van der Waals surface area contributed by atoms with E-state index in [2.05, 4.69) is 16.8 Å². The number of aryl methyl sites for hydroxylation is 1. The van der Waals surface area contributed by atoms with E-state index in [-0.39, 0.29) is 16.5 Å². The van der Waals surface area contributed by atoms with Crippen molar-refractivity contribution >= 4 is 15.8 Å². The largest absolute Gasteiger partial charge is 0.380 e. The first kappa shape index (κ1) is 13.0. The molecule has 0 bridgehead atoms. The summed E-state index contributed by atoms with van der Waals surface area (Å²) < 4.78 is 30.8. The molecule has 0 fully saturated rings. The first-order chi connectivity index (χ1) is 7.49. The Morgan fingerprint density at radius 2 is 2.12 bits per heavy atom. The van der Waals surface area contributed by atoms with Crippen molar-refractivity contribution in [1.82, 2.24) is 9.88 Å². The molecule has 92 valence electrons. The zero-order valence-corrected chi connectivity index (χ0v) is 10.3. The topological polar surface area (TPSA) is 98.2 Å². The second-order valence-electron chi connectivity index (χ2n) is 3.56. The summed E-state index contributed by atoms with van der Waals surface area (Å²) in [6, 6.07) is 0. The van der Waals surface area contributed by atoms with Crippen LogP contribution in [0.2, 0.25) is 0 Å². The minimum atomic E-state index is -3.59. The maximum atomic E-state index is 11.8. The van der Waals surface area contributed by atoms with Crippen LogP contribution >= 0.6 is 0 Å². The molecule has 0 radical (unpaired) electrons. The van der Waals surface area contributed by atoms with Crippen LogP contribution in [0, 0.1) is 6.92 Å². The Bertz CT molecular complexity index is 419. The van der Waals surface area contributed by atoms with Gasteiger partial charge in [-0.25, -0.2) is 13.1 Å². The molecule has 0 aliphatic rings. The Morgan fingerprint density at radius 1 is 1.44 bits per heavy atom. The molecule has 0 saturated carbocycles. The lowest BCUT2D eigenvalue weighted by Gasteiger charge is -2.04. The lowest BCUT2D eigenvalue weighted by Crippen LogP contribution is -2.25. The van der Waals surface area contributed by atoms with Crippen molar-refractivity contribution in [2.24, 2.45) is 0 Å². The number of sulfonamides is 1. The molecule has 16 heavy (non-hydrogen) atoms. The minimum absolute atomic E-state index is 0.0519. The van der Waals surface area contributed by atoms with Gasteiger partial charge in [-0.2, -0.15) is 0 Å². The van der Waals surface area contributed by atoms with Gasteiger partial charge in [0.25, 0.3) is 0 Å². The second kappa shape index (κ2) is 5.31. The Hall–Kier alpha value is -1.08. The average Bonchev–Trinajstić information content (AvgIpc) is 2.54. The highest BCUT2D eigenvalue weighted by Gasteiger charge is 2.24. The number of nitrogen functional groups attached to an aromatic ring is 1. The van der Waals surface area contributed by atoms with E-state index in [0.717, 1.165) is 19.3 Å². The highest BCUT2D eigenvalue weighted by atomic mass is 32.2. The summed E-state index contributed by atoms with van der Waals surface area (Å²) in [5.74, 6) is 0.112. The van der Waals surface area contributed by atoms with Gasteiger partial charge in [0, 0.05) is 6.54 Å². The number of rotatable bonds is 6. The first-order valence-corrected chi connectivity index (χ1v) is 6.68. The van der Waals surface area contributed by atoms with E-state index in [1.165, 1.54) is 6.92 Å². The smallest absolute Gasteiger partial charge is 0.247 e. The van der Waals surface area contributed by atoms with Crippen LogP contribution in [0.1, 0.15) is 31.9 Å². The number of anilines is 1. The van der Waals surface area contributed by atoms with Crippen molar-refractivity contribution in [3.8, 4) is 0 Å². The normalized spacial score (nSPS) is 11.9. The van der Waals surface area contributed by atoms with Gasteiger partial charge < -0.3 is 10.3 Å². The fourth-order valence-electron chi connectivity index (χ4n) is 1.36. The van der Waals surface area contributed by atoms with Crippen molar-refractivity contribution in [2.75, 3.05) is 12.3 Å². The molecular formula is C9H17N3O3S. The molecular weight excluding hydrogens is 230 g/mol. The molecule has 7 heteroatoms. The quantitative estimate of drug-likeness (QED) is 0.732. The van der Waals surface area contributed by atoms with E-state index in [9.17, 15) is 8.42 Å². The highest BCUT2D eigenvalue weighted by Crippen LogP contribution is 2.20. The Morgan fingerprint density at radius 3 is 2.62 bits per heavy atom. The predicted octanol–water partition coefficient (Wildman–Crippen LogP) is 1.03. The molecule has 0 amide bonds. The highest BCUT2D eigenvalue weighted by molar-refractivity contribution is 7.89. The van der Waals surface area contributed by atoms with Crippen molar-refractivity contribution in [2.45, 2.75) is 38.0 Å². The van der Waals surface area contributed by atoms with Crippen molar-refractivity contribution in [3.63, 3.8) is 0 Å². The van der Waals surface area contributed by atoms with Gasteiger partial charge in [0.15, 0.2) is 16.5 Å². The number of hydrogen-bond donors (Lipinski definition) is 2. The molecule has 0 aliphatic carbocycles. The van der Waals surface area contributed by atoms with Gasteiger partial charge in [-0.3, -0.25) is 0 Å². The van der Waals surface area contributed by atoms with Crippen LogP contribution in [0.3, 0.4) is 0 Å². The second-order valence-corrected chi connectivity index (χ2v) is 5.26. The van der Waals surface area contributed by atoms with Crippen molar-refractivity contribution in [3.05, 3.63) is 5.76 Å². The summed E-state index contributed by atoms with van der Waals surface area (Å²) in [6.07, 6.45) is 2.83. The number of nitrogens with one attached hydrogen (secondary N) is 1. The number of hydrogen-bond acceptors (Lipinski definition) is 5. The predicted molar refractivity (Wildman–Crippen MR) is 60.4 cm³/mol. The number of nitrogens with two attached hydrogens (primary N) is 1. The maximum absolute atomic E-state index is 11.8. The van der Waals surface area contributed by atoms with E-state index in [0.29, 0.717) is 6.54 Å². The van der Waals surface area contributed by atoms with E-state index >= 15 is 0 Å². The molecule has 0 aromatic carbocycles. The van der Waals surface area contributed by atoms with Crippen LogP contribution in [0.5, 0.6) is 0 Å². The summed E-state index contributed by atoms with van der Waals surface area (Å²) in [7, 11) is -3.59. The molecule has 0 atom stereocenters. The Labute approximate surface area is 95.2 Å². The minimum Gasteiger partial charge on any atom is -0.380 e. The average molecular weight is 247 g/mol. The number of nitrogens with zero attached hydrogens (tertiary/aromatic N) is 1. The third-order valence-electron chi connectivity index (χ3n) is 2.17. The maximum Gasteiger partial charge on any atom is 0.247 e. The molecule has 0 aliphatic heterocycles. The van der Waals surface area contributed by atoms with Gasteiger partial charge in [0.2, 0.25) is 10.0 Å². The van der Waals surface area contributed by atoms with Gasteiger partial charge in [0.05, 0.1) is 0 Å². The molecule has 1 heterocycles. The molecule has 1 rings (SSSR count). The van der Waals surface area contributed by atoms with Gasteiger partial charge in [0.1, 0.15) is 0 Å². The third-order valence-corrected chi connectivity index (χ3v) is 3.79. The molecule has 6 nitrogen and oxygen atoms in total. The molecule has 3 N–H and O–H groups in total. The Balaban J connectivity index is 2.71.